The molecular formula is C13H18BrClN3+. The second-order valence-corrected chi connectivity index (χ2v) is 6.74. The molecule has 1 spiro atoms. The predicted molar refractivity (Wildman–Crippen MR) is 78.3 cm³/mol. The van der Waals surface area contributed by atoms with Crippen LogP contribution in [-0.4, -0.2) is 47.1 Å². The van der Waals surface area contributed by atoms with Gasteiger partial charge < -0.3 is 9.38 Å². The zero-order valence-corrected chi connectivity index (χ0v) is 12.7. The fourth-order valence-electron chi connectivity index (χ4n) is 3.20. The van der Waals surface area contributed by atoms with Crippen LogP contribution in [0.1, 0.15) is 12.8 Å². The van der Waals surface area contributed by atoms with Crippen LogP contribution in [0.15, 0.2) is 18.5 Å². The zero-order valence-electron chi connectivity index (χ0n) is 10.4. The van der Waals surface area contributed by atoms with Gasteiger partial charge in [0.1, 0.15) is 4.95 Å². The minimum Gasteiger partial charge on any atom is -0.358 e. The van der Waals surface area contributed by atoms with Crippen molar-refractivity contribution in [3.63, 3.8) is 0 Å². The molecule has 98 valence electrons. The van der Waals surface area contributed by atoms with Gasteiger partial charge in [0.25, 0.3) is 0 Å². The Kier molecular flexibility index (Phi) is 3.52. The third-order valence-electron chi connectivity index (χ3n) is 4.36. The van der Waals surface area contributed by atoms with Crippen LogP contribution in [-0.2, 0) is 0 Å². The summed E-state index contributed by atoms with van der Waals surface area (Å²) in [5.74, 6) is 0. The molecule has 5 heteroatoms. The third-order valence-corrected chi connectivity index (χ3v) is 6.01. The van der Waals surface area contributed by atoms with E-state index in [0.29, 0.717) is 4.95 Å². The lowest BCUT2D eigenvalue weighted by molar-refractivity contribution is -0.925. The number of anilines is 1. The number of pyridine rings is 1. The molecule has 3 rings (SSSR count). The van der Waals surface area contributed by atoms with Gasteiger partial charge in [-0.3, -0.25) is 4.98 Å². The average Bonchev–Trinajstić information content (AvgIpc) is 2.73. The number of quaternary nitrogens is 1. The monoisotopic (exact) mass is 330 g/mol. The first-order valence-electron chi connectivity index (χ1n) is 6.56. The van der Waals surface area contributed by atoms with Crippen molar-refractivity contribution in [3.05, 3.63) is 23.5 Å². The standard InChI is InChI=1S/C13H18BrClN3/c14-13-2-1-7-18(13)8-5-17(6-9-18)12-10-16-4-3-11(12)15/h3-4,10,13H,1-2,5-9H2/q+1. The molecule has 1 unspecified atom stereocenters. The average molecular weight is 332 g/mol. The van der Waals surface area contributed by atoms with E-state index in [9.17, 15) is 0 Å². The molecule has 0 aromatic carbocycles. The number of rotatable bonds is 1. The summed E-state index contributed by atoms with van der Waals surface area (Å²) < 4.78 is 1.24. The number of piperazine rings is 1. The van der Waals surface area contributed by atoms with Gasteiger partial charge in [0.15, 0.2) is 0 Å². The summed E-state index contributed by atoms with van der Waals surface area (Å²) in [5.41, 5.74) is 1.09. The number of alkyl halides is 1. The van der Waals surface area contributed by atoms with E-state index in [4.69, 9.17) is 11.6 Å². The molecule has 0 amide bonds. The fraction of sp³-hybridized carbons (Fsp3) is 0.615. The number of aromatic nitrogens is 1. The minimum atomic E-state index is 0.657. The van der Waals surface area contributed by atoms with Gasteiger partial charge in [0.05, 0.1) is 49.6 Å². The maximum atomic E-state index is 6.24. The van der Waals surface area contributed by atoms with Crippen LogP contribution >= 0.6 is 27.5 Å². The van der Waals surface area contributed by atoms with Gasteiger partial charge >= 0.3 is 0 Å². The SMILES string of the molecule is Clc1ccncc1N1CC[N+]2(CCCC2Br)CC1. The van der Waals surface area contributed by atoms with Crippen molar-refractivity contribution >= 4 is 33.2 Å². The van der Waals surface area contributed by atoms with Crippen molar-refractivity contribution in [2.45, 2.75) is 17.8 Å². The summed E-state index contributed by atoms with van der Waals surface area (Å²) in [7, 11) is 0. The first kappa shape index (κ1) is 12.7. The van der Waals surface area contributed by atoms with Crippen molar-refractivity contribution in [2.75, 3.05) is 37.6 Å². The highest BCUT2D eigenvalue weighted by Gasteiger charge is 2.42. The van der Waals surface area contributed by atoms with Crippen LogP contribution < -0.4 is 4.90 Å². The van der Waals surface area contributed by atoms with Crippen molar-refractivity contribution in [2.24, 2.45) is 0 Å². The summed E-state index contributed by atoms with van der Waals surface area (Å²) >= 11 is 10.1. The van der Waals surface area contributed by atoms with Crippen LogP contribution in [0, 0.1) is 0 Å². The highest BCUT2D eigenvalue weighted by molar-refractivity contribution is 9.09. The molecule has 3 nitrogen and oxygen atoms in total. The van der Waals surface area contributed by atoms with E-state index < -0.39 is 0 Å². The minimum absolute atomic E-state index is 0.657. The van der Waals surface area contributed by atoms with Gasteiger partial charge in [-0.05, 0) is 22.0 Å². The predicted octanol–water partition coefficient (Wildman–Crippen LogP) is 2.89. The number of nitrogens with zero attached hydrogens (tertiary/aromatic N) is 3. The van der Waals surface area contributed by atoms with Crippen LogP contribution in [0.2, 0.25) is 5.02 Å². The molecule has 1 aromatic rings. The summed E-state index contributed by atoms with van der Waals surface area (Å²) in [6.45, 7) is 5.90. The van der Waals surface area contributed by atoms with Crippen molar-refractivity contribution in [3.8, 4) is 0 Å². The van der Waals surface area contributed by atoms with Crippen molar-refractivity contribution in [1.82, 2.24) is 4.98 Å². The summed E-state index contributed by atoms with van der Waals surface area (Å²) in [5, 5.41) is 0.815. The Hall–Kier alpha value is -0.320. The Bertz CT molecular complexity index is 432. The number of hydrogen-bond donors (Lipinski definition) is 0. The highest BCUT2D eigenvalue weighted by Crippen LogP contribution is 2.34. The van der Waals surface area contributed by atoms with E-state index in [1.807, 2.05) is 12.3 Å². The van der Waals surface area contributed by atoms with E-state index in [2.05, 4.69) is 25.8 Å². The molecule has 1 aromatic heterocycles. The molecule has 2 fully saturated rings. The summed E-state index contributed by atoms with van der Waals surface area (Å²) in [4.78, 5) is 7.21. The van der Waals surface area contributed by atoms with Gasteiger partial charge in [0, 0.05) is 19.0 Å². The van der Waals surface area contributed by atoms with Crippen LogP contribution in [0.25, 0.3) is 0 Å². The van der Waals surface area contributed by atoms with Gasteiger partial charge in [0.2, 0.25) is 0 Å². The Labute approximate surface area is 121 Å². The molecule has 0 N–H and O–H groups in total. The fourth-order valence-corrected chi connectivity index (χ4v) is 4.36. The Morgan fingerprint density at radius 2 is 2.11 bits per heavy atom. The molecule has 1 atom stereocenters. The first-order chi connectivity index (χ1) is 8.71. The lowest BCUT2D eigenvalue weighted by Crippen LogP contribution is -2.60. The van der Waals surface area contributed by atoms with Gasteiger partial charge in [-0.2, -0.15) is 0 Å². The molecule has 2 aliphatic rings. The van der Waals surface area contributed by atoms with Crippen LogP contribution in [0.3, 0.4) is 0 Å². The van der Waals surface area contributed by atoms with E-state index in [1.165, 1.54) is 37.0 Å². The second-order valence-electron chi connectivity index (χ2n) is 5.28. The van der Waals surface area contributed by atoms with E-state index >= 15 is 0 Å². The van der Waals surface area contributed by atoms with Crippen LogP contribution in [0.5, 0.6) is 0 Å². The third kappa shape index (κ3) is 2.15. The Morgan fingerprint density at radius 3 is 2.72 bits per heavy atom. The number of hydrogen-bond acceptors (Lipinski definition) is 2. The lowest BCUT2D eigenvalue weighted by Gasteiger charge is -2.45. The molecule has 2 aliphatic heterocycles. The molecular weight excluding hydrogens is 314 g/mol. The highest BCUT2D eigenvalue weighted by atomic mass is 79.9. The largest absolute Gasteiger partial charge is 0.358 e. The second kappa shape index (κ2) is 4.99. The molecule has 18 heavy (non-hydrogen) atoms. The molecule has 3 heterocycles. The van der Waals surface area contributed by atoms with E-state index in [1.54, 1.807) is 6.20 Å². The van der Waals surface area contributed by atoms with Gasteiger partial charge in [-0.25, -0.2) is 0 Å². The summed E-state index contributed by atoms with van der Waals surface area (Å²) in [6.07, 6.45) is 6.30. The molecule has 0 bridgehead atoms. The summed E-state index contributed by atoms with van der Waals surface area (Å²) in [6, 6.07) is 1.87. The molecule has 2 saturated heterocycles. The van der Waals surface area contributed by atoms with Crippen LogP contribution in [0.4, 0.5) is 5.69 Å². The molecule has 0 saturated carbocycles. The maximum absolute atomic E-state index is 6.24. The smallest absolute Gasteiger partial charge is 0.144 e. The van der Waals surface area contributed by atoms with E-state index in [0.717, 1.165) is 23.8 Å². The quantitative estimate of drug-likeness (QED) is 0.447. The Morgan fingerprint density at radius 1 is 1.33 bits per heavy atom. The Balaban J connectivity index is 1.72. The normalized spacial score (nSPS) is 26.8. The van der Waals surface area contributed by atoms with Crippen molar-refractivity contribution < 1.29 is 4.48 Å². The molecule has 0 aliphatic carbocycles. The number of halogens is 2. The lowest BCUT2D eigenvalue weighted by atomic mass is 10.2. The van der Waals surface area contributed by atoms with E-state index in [-0.39, 0.29) is 0 Å². The topological polar surface area (TPSA) is 16.1 Å². The van der Waals surface area contributed by atoms with Gasteiger partial charge in [-0.1, -0.05) is 11.6 Å². The zero-order chi connectivity index (χ0) is 12.6. The maximum Gasteiger partial charge on any atom is 0.144 e. The molecule has 0 radical (unpaired) electrons. The van der Waals surface area contributed by atoms with Crippen molar-refractivity contribution in [1.29, 1.82) is 0 Å². The first-order valence-corrected chi connectivity index (χ1v) is 7.85. The van der Waals surface area contributed by atoms with Gasteiger partial charge in [-0.15, -0.1) is 0 Å².